The summed E-state index contributed by atoms with van der Waals surface area (Å²) in [6.45, 7) is 8.99. The van der Waals surface area contributed by atoms with Gasteiger partial charge >= 0.3 is 0 Å². The van der Waals surface area contributed by atoms with E-state index in [4.69, 9.17) is 4.98 Å². The molecule has 1 heteroatoms. The second-order valence-corrected chi connectivity index (χ2v) is 6.59. The Bertz CT molecular complexity index is 774. The van der Waals surface area contributed by atoms with E-state index in [1.165, 1.54) is 22.1 Å². The maximum absolute atomic E-state index is 4.85. The lowest BCUT2D eigenvalue weighted by Crippen LogP contribution is -1.96. The first kappa shape index (κ1) is 14.8. The van der Waals surface area contributed by atoms with Gasteiger partial charge in [-0.3, -0.25) is 0 Å². The number of para-hydroxylation sites is 1. The van der Waals surface area contributed by atoms with Crippen molar-refractivity contribution in [2.45, 2.75) is 39.5 Å². The summed E-state index contributed by atoms with van der Waals surface area (Å²) in [4.78, 5) is 4.85. The monoisotopic (exact) mass is 289 g/mol. The lowest BCUT2D eigenvalue weighted by atomic mass is 9.92. The van der Waals surface area contributed by atoms with Crippen LogP contribution >= 0.6 is 0 Å². The third-order valence-electron chi connectivity index (χ3n) is 4.21. The molecule has 0 aliphatic rings. The van der Waals surface area contributed by atoms with Gasteiger partial charge in [-0.2, -0.15) is 0 Å². The second kappa shape index (κ2) is 5.92. The number of hydrogen-bond acceptors (Lipinski definition) is 1. The van der Waals surface area contributed by atoms with Gasteiger partial charge in [0, 0.05) is 10.9 Å². The Balaban J connectivity index is 2.16. The molecule has 0 aliphatic heterocycles. The zero-order valence-corrected chi connectivity index (χ0v) is 13.8. The molecule has 0 bridgehead atoms. The third kappa shape index (κ3) is 2.89. The highest BCUT2D eigenvalue weighted by atomic mass is 14.7. The quantitative estimate of drug-likeness (QED) is 0.563. The van der Waals surface area contributed by atoms with Gasteiger partial charge in [-0.25, -0.2) is 4.98 Å². The van der Waals surface area contributed by atoms with Gasteiger partial charge in [-0.05, 0) is 47.2 Å². The average Bonchev–Trinajstić information content (AvgIpc) is 2.53. The Hall–Kier alpha value is -2.15. The van der Waals surface area contributed by atoms with Crippen LogP contribution in [0.2, 0.25) is 0 Å². The van der Waals surface area contributed by atoms with E-state index in [1.807, 2.05) is 6.07 Å². The van der Waals surface area contributed by atoms with E-state index in [-0.39, 0.29) is 0 Å². The summed E-state index contributed by atoms with van der Waals surface area (Å²) in [5.74, 6) is 1.05. The predicted molar refractivity (Wildman–Crippen MR) is 95.4 cm³/mol. The van der Waals surface area contributed by atoms with Gasteiger partial charge in [-0.1, -0.05) is 58.0 Å². The highest BCUT2D eigenvalue weighted by Crippen LogP contribution is 2.29. The number of hydrogen-bond donors (Lipinski definition) is 0. The molecule has 3 aromatic rings. The van der Waals surface area contributed by atoms with Crippen molar-refractivity contribution in [3.63, 3.8) is 0 Å². The summed E-state index contributed by atoms with van der Waals surface area (Å²) in [5, 5.41) is 1.19. The van der Waals surface area contributed by atoms with Crippen molar-refractivity contribution in [1.29, 1.82) is 0 Å². The van der Waals surface area contributed by atoms with Crippen molar-refractivity contribution in [3.05, 3.63) is 65.7 Å². The van der Waals surface area contributed by atoms with E-state index < -0.39 is 0 Å². The molecule has 0 saturated heterocycles. The van der Waals surface area contributed by atoms with Crippen molar-refractivity contribution >= 4 is 10.9 Å². The van der Waals surface area contributed by atoms with Gasteiger partial charge in [0.05, 0.1) is 11.2 Å². The fourth-order valence-corrected chi connectivity index (χ4v) is 2.72. The molecule has 2 aromatic carbocycles. The molecule has 0 spiro atoms. The van der Waals surface area contributed by atoms with E-state index in [2.05, 4.69) is 76.2 Å². The Morgan fingerprint density at radius 3 is 2.00 bits per heavy atom. The van der Waals surface area contributed by atoms with Gasteiger partial charge in [0.15, 0.2) is 0 Å². The summed E-state index contributed by atoms with van der Waals surface area (Å²) < 4.78 is 0. The predicted octanol–water partition coefficient (Wildman–Crippen LogP) is 6.15. The van der Waals surface area contributed by atoms with E-state index >= 15 is 0 Å². The van der Waals surface area contributed by atoms with E-state index in [9.17, 15) is 0 Å². The summed E-state index contributed by atoms with van der Waals surface area (Å²) >= 11 is 0. The van der Waals surface area contributed by atoms with Gasteiger partial charge in [0.1, 0.15) is 0 Å². The van der Waals surface area contributed by atoms with Crippen LogP contribution in [0, 0.1) is 0 Å². The Morgan fingerprint density at radius 1 is 0.727 bits per heavy atom. The van der Waals surface area contributed by atoms with Crippen molar-refractivity contribution in [2.24, 2.45) is 0 Å². The number of nitrogens with zero attached hydrogens (tertiary/aromatic N) is 1. The van der Waals surface area contributed by atoms with Crippen LogP contribution < -0.4 is 0 Å². The van der Waals surface area contributed by atoms with Gasteiger partial charge < -0.3 is 0 Å². The Morgan fingerprint density at radius 2 is 1.36 bits per heavy atom. The first-order valence-electron chi connectivity index (χ1n) is 8.05. The van der Waals surface area contributed by atoms with Crippen LogP contribution in [0.15, 0.2) is 54.6 Å². The standard InChI is InChI=1S/C21H23N/c1-14(2)17-11-18(15(3)4)13-19(12-17)21-10-9-16-7-5-6-8-20(16)22-21/h5-15H,1-4H3. The molecule has 1 aromatic heterocycles. The van der Waals surface area contributed by atoms with Gasteiger partial charge in [0.25, 0.3) is 0 Å². The number of pyridine rings is 1. The van der Waals surface area contributed by atoms with Gasteiger partial charge in [-0.15, -0.1) is 0 Å². The molecule has 0 atom stereocenters. The largest absolute Gasteiger partial charge is 0.248 e. The molecule has 0 saturated carbocycles. The summed E-state index contributed by atoms with van der Waals surface area (Å²) in [6.07, 6.45) is 0. The first-order valence-corrected chi connectivity index (χ1v) is 8.05. The third-order valence-corrected chi connectivity index (χ3v) is 4.21. The fraction of sp³-hybridized carbons (Fsp3) is 0.286. The van der Waals surface area contributed by atoms with Crippen molar-refractivity contribution in [2.75, 3.05) is 0 Å². The Kier molecular flexibility index (Phi) is 3.98. The average molecular weight is 289 g/mol. The first-order chi connectivity index (χ1) is 10.5. The summed E-state index contributed by atoms with van der Waals surface area (Å²) in [7, 11) is 0. The molecule has 112 valence electrons. The SMILES string of the molecule is CC(C)c1cc(-c2ccc3ccccc3n2)cc(C(C)C)c1. The molecule has 0 radical (unpaired) electrons. The molecule has 0 N–H and O–H groups in total. The molecule has 0 aliphatic carbocycles. The molecule has 1 nitrogen and oxygen atoms in total. The molecule has 3 rings (SSSR count). The molecular weight excluding hydrogens is 266 g/mol. The highest BCUT2D eigenvalue weighted by molar-refractivity contribution is 5.81. The van der Waals surface area contributed by atoms with E-state index in [0.717, 1.165) is 11.2 Å². The van der Waals surface area contributed by atoms with E-state index in [0.29, 0.717) is 11.8 Å². The van der Waals surface area contributed by atoms with Crippen LogP contribution in [0.4, 0.5) is 0 Å². The number of benzene rings is 2. The lowest BCUT2D eigenvalue weighted by Gasteiger charge is -2.14. The Labute approximate surface area is 133 Å². The summed E-state index contributed by atoms with van der Waals surface area (Å²) in [5.41, 5.74) is 6.11. The molecule has 22 heavy (non-hydrogen) atoms. The maximum atomic E-state index is 4.85. The van der Waals surface area contributed by atoms with Crippen molar-refractivity contribution in [1.82, 2.24) is 4.98 Å². The normalized spacial score (nSPS) is 11.5. The van der Waals surface area contributed by atoms with Crippen LogP contribution in [0.3, 0.4) is 0 Å². The molecule has 0 fully saturated rings. The van der Waals surface area contributed by atoms with E-state index in [1.54, 1.807) is 0 Å². The minimum Gasteiger partial charge on any atom is -0.248 e. The molecule has 0 unspecified atom stereocenters. The van der Waals surface area contributed by atoms with Gasteiger partial charge in [0.2, 0.25) is 0 Å². The van der Waals surface area contributed by atoms with Crippen LogP contribution in [0.5, 0.6) is 0 Å². The topological polar surface area (TPSA) is 12.9 Å². The highest BCUT2D eigenvalue weighted by Gasteiger charge is 2.09. The number of aromatic nitrogens is 1. The number of rotatable bonds is 3. The fourth-order valence-electron chi connectivity index (χ4n) is 2.72. The molecule has 1 heterocycles. The van der Waals surface area contributed by atoms with Crippen LogP contribution in [0.1, 0.15) is 50.7 Å². The smallest absolute Gasteiger partial charge is 0.0709 e. The lowest BCUT2D eigenvalue weighted by molar-refractivity contribution is 0.834. The van der Waals surface area contributed by atoms with Crippen molar-refractivity contribution in [3.8, 4) is 11.3 Å². The van der Waals surface area contributed by atoms with Crippen molar-refractivity contribution < 1.29 is 0 Å². The van der Waals surface area contributed by atoms with Crippen LogP contribution in [-0.4, -0.2) is 4.98 Å². The summed E-state index contributed by atoms with van der Waals surface area (Å²) in [6, 6.07) is 19.5. The second-order valence-electron chi connectivity index (χ2n) is 6.59. The zero-order valence-electron chi connectivity index (χ0n) is 13.8. The maximum Gasteiger partial charge on any atom is 0.0709 e. The molecular formula is C21H23N. The zero-order chi connectivity index (χ0) is 15.7. The van der Waals surface area contributed by atoms with Crippen LogP contribution in [0.25, 0.3) is 22.2 Å². The minimum absolute atomic E-state index is 0.526. The number of fused-ring (bicyclic) bond motifs is 1. The molecule has 0 amide bonds. The minimum atomic E-state index is 0.526. The van der Waals surface area contributed by atoms with Crippen LogP contribution in [-0.2, 0) is 0 Å².